The maximum Gasteiger partial charge on any atom is 0.307 e. The van der Waals surface area contributed by atoms with Crippen molar-refractivity contribution in [3.05, 3.63) is 24.0 Å². The molecular formula is C11H18N2O2. The van der Waals surface area contributed by atoms with Crippen LogP contribution in [0.2, 0.25) is 0 Å². The number of nitrogens with zero attached hydrogens (tertiary/aromatic N) is 1. The van der Waals surface area contributed by atoms with Gasteiger partial charge in [0.15, 0.2) is 0 Å². The van der Waals surface area contributed by atoms with Crippen molar-refractivity contribution >= 4 is 5.97 Å². The molecule has 1 aromatic rings. The van der Waals surface area contributed by atoms with Gasteiger partial charge in [0.25, 0.3) is 0 Å². The summed E-state index contributed by atoms with van der Waals surface area (Å²) < 4.78 is 6.67. The molecular weight excluding hydrogens is 192 g/mol. The fourth-order valence-electron chi connectivity index (χ4n) is 1.49. The van der Waals surface area contributed by atoms with Gasteiger partial charge in [-0.2, -0.15) is 0 Å². The van der Waals surface area contributed by atoms with Gasteiger partial charge in [-0.3, -0.25) is 4.79 Å². The highest BCUT2D eigenvalue weighted by molar-refractivity contribution is 5.68. The summed E-state index contributed by atoms with van der Waals surface area (Å²) in [5.74, 6) is -0.174. The monoisotopic (exact) mass is 210 g/mol. The Kier molecular flexibility index (Phi) is 4.37. The minimum Gasteiger partial charge on any atom is -0.469 e. The summed E-state index contributed by atoms with van der Waals surface area (Å²) in [6.45, 7) is 2.75. The number of aryl methyl sites for hydroxylation is 1. The van der Waals surface area contributed by atoms with E-state index in [0.29, 0.717) is 13.0 Å². The predicted octanol–water partition coefficient (Wildman–Crippen LogP) is 1.33. The van der Waals surface area contributed by atoms with Crippen molar-refractivity contribution in [3.63, 3.8) is 0 Å². The molecule has 4 nitrogen and oxygen atoms in total. The Balaban J connectivity index is 2.61. The zero-order valence-electron chi connectivity index (χ0n) is 9.49. The molecule has 1 unspecified atom stereocenters. The van der Waals surface area contributed by atoms with Gasteiger partial charge < -0.3 is 14.6 Å². The van der Waals surface area contributed by atoms with Gasteiger partial charge in [-0.1, -0.05) is 0 Å². The van der Waals surface area contributed by atoms with Crippen LogP contribution in [-0.4, -0.2) is 24.7 Å². The first-order valence-corrected chi connectivity index (χ1v) is 5.08. The Morgan fingerprint density at radius 3 is 3.00 bits per heavy atom. The van der Waals surface area contributed by atoms with Crippen LogP contribution in [0.5, 0.6) is 0 Å². The number of hydrogen-bond donors (Lipinski definition) is 1. The van der Waals surface area contributed by atoms with Crippen molar-refractivity contribution in [1.82, 2.24) is 9.88 Å². The van der Waals surface area contributed by atoms with Crippen LogP contribution in [0.4, 0.5) is 0 Å². The molecule has 15 heavy (non-hydrogen) atoms. The van der Waals surface area contributed by atoms with Crippen LogP contribution in [0, 0.1) is 0 Å². The van der Waals surface area contributed by atoms with Crippen LogP contribution in [0.1, 0.15) is 25.1 Å². The van der Waals surface area contributed by atoms with E-state index in [1.165, 1.54) is 12.8 Å². The number of carbonyl (C=O) groups is 1. The van der Waals surface area contributed by atoms with Gasteiger partial charge in [0.05, 0.1) is 13.5 Å². The first-order valence-electron chi connectivity index (χ1n) is 5.08. The smallest absolute Gasteiger partial charge is 0.307 e. The zero-order valence-corrected chi connectivity index (χ0v) is 9.49. The third kappa shape index (κ3) is 3.09. The maximum absolute atomic E-state index is 11.0. The topological polar surface area (TPSA) is 43.3 Å². The number of aromatic nitrogens is 1. The summed E-state index contributed by atoms with van der Waals surface area (Å²) in [6.07, 6.45) is 2.39. The second-order valence-corrected chi connectivity index (χ2v) is 3.46. The summed E-state index contributed by atoms with van der Waals surface area (Å²) in [5.41, 5.74) is 1.18. The molecule has 0 aromatic carbocycles. The Bertz CT molecular complexity index is 320. The lowest BCUT2D eigenvalue weighted by Gasteiger charge is -2.14. The standard InChI is InChI=1S/C11H18N2O2/c1-9(12-2)10-5-4-7-13(10)8-6-11(14)15-3/h4-5,7,9,12H,6,8H2,1-3H3. The quantitative estimate of drug-likeness (QED) is 0.746. The van der Waals surface area contributed by atoms with Gasteiger partial charge in [-0.25, -0.2) is 0 Å². The Morgan fingerprint density at radius 1 is 1.67 bits per heavy atom. The first kappa shape index (κ1) is 11.8. The lowest BCUT2D eigenvalue weighted by Crippen LogP contribution is -2.17. The average molecular weight is 210 g/mol. The molecule has 0 fully saturated rings. The van der Waals surface area contributed by atoms with E-state index >= 15 is 0 Å². The second-order valence-electron chi connectivity index (χ2n) is 3.46. The minimum absolute atomic E-state index is 0.174. The Morgan fingerprint density at radius 2 is 2.40 bits per heavy atom. The molecule has 4 heteroatoms. The zero-order chi connectivity index (χ0) is 11.3. The van der Waals surface area contributed by atoms with Gasteiger partial charge in [0.2, 0.25) is 0 Å². The fourth-order valence-corrected chi connectivity index (χ4v) is 1.49. The lowest BCUT2D eigenvalue weighted by molar-refractivity contribution is -0.140. The number of methoxy groups -OCH3 is 1. The molecule has 0 aliphatic carbocycles. The van der Waals surface area contributed by atoms with Crippen LogP contribution in [0.15, 0.2) is 18.3 Å². The predicted molar refractivity (Wildman–Crippen MR) is 58.5 cm³/mol. The third-order valence-electron chi connectivity index (χ3n) is 2.53. The molecule has 0 saturated heterocycles. The van der Waals surface area contributed by atoms with Gasteiger partial charge in [0, 0.05) is 24.5 Å². The molecule has 0 aliphatic heterocycles. The van der Waals surface area contributed by atoms with Crippen molar-refractivity contribution in [2.45, 2.75) is 25.9 Å². The molecule has 1 atom stereocenters. The highest BCUT2D eigenvalue weighted by atomic mass is 16.5. The van der Waals surface area contributed by atoms with Crippen LogP contribution < -0.4 is 5.32 Å². The van der Waals surface area contributed by atoms with Gasteiger partial charge in [-0.05, 0) is 26.1 Å². The van der Waals surface area contributed by atoms with E-state index in [1.807, 2.05) is 19.3 Å². The van der Waals surface area contributed by atoms with Crippen LogP contribution in [-0.2, 0) is 16.1 Å². The number of rotatable bonds is 5. The molecule has 0 aliphatic rings. The van der Waals surface area contributed by atoms with E-state index in [-0.39, 0.29) is 12.0 Å². The largest absolute Gasteiger partial charge is 0.469 e. The van der Waals surface area contributed by atoms with Crippen LogP contribution >= 0.6 is 0 Å². The molecule has 1 rings (SSSR count). The van der Waals surface area contributed by atoms with Crippen molar-refractivity contribution in [2.24, 2.45) is 0 Å². The molecule has 0 amide bonds. The maximum atomic E-state index is 11.0. The number of carbonyl (C=O) groups excluding carboxylic acids is 1. The van der Waals surface area contributed by atoms with Gasteiger partial charge in [-0.15, -0.1) is 0 Å². The van der Waals surface area contributed by atoms with Gasteiger partial charge >= 0.3 is 5.97 Å². The molecule has 1 heterocycles. The summed E-state index contributed by atoms with van der Waals surface area (Å²) in [4.78, 5) is 11.0. The first-order chi connectivity index (χ1) is 7.19. The van der Waals surface area contributed by atoms with E-state index in [1.54, 1.807) is 0 Å². The summed E-state index contributed by atoms with van der Waals surface area (Å²) in [6, 6.07) is 4.33. The number of nitrogens with one attached hydrogen (secondary N) is 1. The van der Waals surface area contributed by atoms with Crippen LogP contribution in [0.3, 0.4) is 0 Å². The van der Waals surface area contributed by atoms with E-state index in [0.717, 1.165) is 0 Å². The van der Waals surface area contributed by atoms with Crippen molar-refractivity contribution in [1.29, 1.82) is 0 Å². The highest BCUT2D eigenvalue weighted by Crippen LogP contribution is 2.13. The van der Waals surface area contributed by atoms with E-state index in [2.05, 4.69) is 27.6 Å². The molecule has 0 bridgehead atoms. The Hall–Kier alpha value is -1.29. The van der Waals surface area contributed by atoms with Crippen LogP contribution in [0.25, 0.3) is 0 Å². The number of hydrogen-bond acceptors (Lipinski definition) is 3. The van der Waals surface area contributed by atoms with Gasteiger partial charge in [0.1, 0.15) is 0 Å². The SMILES string of the molecule is CNC(C)c1cccn1CCC(=O)OC. The lowest BCUT2D eigenvalue weighted by atomic mass is 10.2. The molecule has 1 N–H and O–H groups in total. The molecule has 1 aromatic heterocycles. The Labute approximate surface area is 90.2 Å². The minimum atomic E-state index is -0.174. The molecule has 84 valence electrons. The highest BCUT2D eigenvalue weighted by Gasteiger charge is 2.08. The summed E-state index contributed by atoms with van der Waals surface area (Å²) in [7, 11) is 3.33. The second kappa shape index (κ2) is 5.56. The molecule has 0 spiro atoms. The van der Waals surface area contributed by atoms with E-state index < -0.39 is 0 Å². The third-order valence-corrected chi connectivity index (χ3v) is 2.53. The summed E-state index contributed by atoms with van der Waals surface area (Å²) >= 11 is 0. The number of esters is 1. The van der Waals surface area contributed by atoms with Crippen molar-refractivity contribution in [3.8, 4) is 0 Å². The van der Waals surface area contributed by atoms with E-state index in [4.69, 9.17) is 0 Å². The van der Waals surface area contributed by atoms with E-state index in [9.17, 15) is 4.79 Å². The normalized spacial score (nSPS) is 12.5. The number of ether oxygens (including phenoxy) is 1. The average Bonchev–Trinajstić information content (AvgIpc) is 2.72. The molecule has 0 saturated carbocycles. The summed E-state index contributed by atoms with van der Waals surface area (Å²) in [5, 5.41) is 3.17. The van der Waals surface area contributed by atoms with Crippen molar-refractivity contribution in [2.75, 3.05) is 14.2 Å². The fraction of sp³-hybridized carbons (Fsp3) is 0.545. The van der Waals surface area contributed by atoms with Crippen molar-refractivity contribution < 1.29 is 9.53 Å². The molecule has 0 radical (unpaired) electrons.